The summed E-state index contributed by atoms with van der Waals surface area (Å²) in [4.78, 5) is 17.6. The number of hydrogen-bond acceptors (Lipinski definition) is 4. The van der Waals surface area contributed by atoms with E-state index in [9.17, 15) is 4.79 Å². The van der Waals surface area contributed by atoms with Gasteiger partial charge in [-0.15, -0.1) is 5.10 Å². The van der Waals surface area contributed by atoms with Crippen molar-refractivity contribution in [1.82, 2.24) is 14.8 Å². The molecule has 0 spiro atoms. The van der Waals surface area contributed by atoms with Gasteiger partial charge in [0, 0.05) is 15.7 Å². The molecule has 0 fully saturated rings. The Kier molecular flexibility index (Phi) is 6.37. The molecule has 1 amide bonds. The third kappa shape index (κ3) is 4.73. The number of anilines is 1. The van der Waals surface area contributed by atoms with Crippen molar-refractivity contribution in [2.45, 2.75) is 20.8 Å². The van der Waals surface area contributed by atoms with Gasteiger partial charge in [-0.2, -0.15) is 0 Å². The Balaban J connectivity index is 1.73. The minimum Gasteiger partial charge on any atom is -0.494 e. The molecule has 0 radical (unpaired) electrons. The maximum atomic E-state index is 13.0. The van der Waals surface area contributed by atoms with E-state index in [1.807, 2.05) is 87.5 Å². The Bertz CT molecular complexity index is 1250. The number of aryl methyl sites for hydroxylation is 2. The topological polar surface area (TPSA) is 69.0 Å². The second-order valence-corrected chi connectivity index (χ2v) is 8.29. The number of nitrogens with one attached hydrogen (secondary N) is 1. The largest absolute Gasteiger partial charge is 0.494 e. The fourth-order valence-electron chi connectivity index (χ4n) is 3.27. The van der Waals surface area contributed by atoms with Crippen LogP contribution in [-0.4, -0.2) is 27.3 Å². The van der Waals surface area contributed by atoms with Crippen molar-refractivity contribution in [2.75, 3.05) is 11.9 Å². The molecule has 4 rings (SSSR count). The first-order valence-electron chi connectivity index (χ1n) is 10.3. The van der Waals surface area contributed by atoms with Crippen LogP contribution in [0.25, 0.3) is 17.1 Å². The minimum absolute atomic E-state index is 0.0942. The monoisotopic (exact) mass is 490 g/mol. The number of hydrogen-bond donors (Lipinski definition) is 1. The Labute approximate surface area is 195 Å². The van der Waals surface area contributed by atoms with E-state index in [2.05, 4.69) is 31.3 Å². The van der Waals surface area contributed by atoms with Crippen LogP contribution >= 0.6 is 15.9 Å². The molecule has 6 nitrogen and oxygen atoms in total. The summed E-state index contributed by atoms with van der Waals surface area (Å²) in [5, 5.41) is 7.46. The van der Waals surface area contributed by atoms with Gasteiger partial charge in [0.2, 0.25) is 5.82 Å². The van der Waals surface area contributed by atoms with E-state index in [1.54, 1.807) is 4.68 Å². The second kappa shape index (κ2) is 9.36. The Morgan fingerprint density at radius 2 is 1.75 bits per heavy atom. The third-order valence-electron chi connectivity index (χ3n) is 4.95. The minimum atomic E-state index is -0.367. The smallest absolute Gasteiger partial charge is 0.295 e. The van der Waals surface area contributed by atoms with Gasteiger partial charge in [0.25, 0.3) is 5.91 Å². The number of carbonyl (C=O) groups is 1. The first kappa shape index (κ1) is 21.8. The van der Waals surface area contributed by atoms with Crippen molar-refractivity contribution in [3.8, 4) is 22.8 Å². The van der Waals surface area contributed by atoms with Crippen molar-refractivity contribution in [3.05, 3.63) is 88.2 Å². The highest BCUT2D eigenvalue weighted by molar-refractivity contribution is 9.10. The molecule has 7 heteroatoms. The molecule has 0 aliphatic carbocycles. The molecule has 0 bridgehead atoms. The van der Waals surface area contributed by atoms with E-state index in [4.69, 9.17) is 4.74 Å². The average molecular weight is 491 g/mol. The van der Waals surface area contributed by atoms with Crippen LogP contribution in [0.5, 0.6) is 5.75 Å². The maximum absolute atomic E-state index is 13.0. The van der Waals surface area contributed by atoms with Crippen LogP contribution in [0, 0.1) is 13.8 Å². The average Bonchev–Trinajstić information content (AvgIpc) is 3.22. The summed E-state index contributed by atoms with van der Waals surface area (Å²) in [5.74, 6) is 1.09. The molecule has 0 aliphatic heterocycles. The van der Waals surface area contributed by atoms with Gasteiger partial charge in [-0.1, -0.05) is 45.8 Å². The second-order valence-electron chi connectivity index (χ2n) is 7.38. The zero-order valence-corrected chi connectivity index (χ0v) is 19.7. The molecule has 32 heavy (non-hydrogen) atoms. The molecule has 162 valence electrons. The maximum Gasteiger partial charge on any atom is 0.295 e. The summed E-state index contributed by atoms with van der Waals surface area (Å²) in [7, 11) is 0. The molecule has 1 heterocycles. The van der Waals surface area contributed by atoms with E-state index in [1.165, 1.54) is 0 Å². The lowest BCUT2D eigenvalue weighted by molar-refractivity contribution is 0.101. The van der Waals surface area contributed by atoms with Crippen LogP contribution in [0.4, 0.5) is 5.69 Å². The molecular formula is C25H23BrN4O2. The first-order chi connectivity index (χ1) is 15.4. The summed E-state index contributed by atoms with van der Waals surface area (Å²) in [6, 6.07) is 21.2. The van der Waals surface area contributed by atoms with Crippen molar-refractivity contribution in [1.29, 1.82) is 0 Å². The number of benzene rings is 3. The van der Waals surface area contributed by atoms with E-state index in [0.29, 0.717) is 18.1 Å². The van der Waals surface area contributed by atoms with E-state index < -0.39 is 0 Å². The number of halogens is 1. The predicted octanol–water partition coefficient (Wildman–Crippen LogP) is 5.96. The SMILES string of the molecule is CCOc1ccc(-n2nc(C(=O)Nc3ccc(Br)cc3C)nc2-c2ccc(C)cc2)cc1. The standard InChI is InChI=1S/C25H23BrN4O2/c1-4-32-21-12-10-20(11-13-21)30-24(18-7-5-16(2)6-8-18)28-23(29-30)25(31)27-22-14-9-19(26)15-17(22)3/h5-15H,4H2,1-3H3,(H,27,31). The van der Waals surface area contributed by atoms with E-state index >= 15 is 0 Å². The molecule has 1 aromatic heterocycles. The van der Waals surface area contributed by atoms with Crippen LogP contribution in [-0.2, 0) is 0 Å². The van der Waals surface area contributed by atoms with Crippen LogP contribution in [0.3, 0.4) is 0 Å². The van der Waals surface area contributed by atoms with Gasteiger partial charge < -0.3 is 10.1 Å². The van der Waals surface area contributed by atoms with Gasteiger partial charge in [0.05, 0.1) is 12.3 Å². The van der Waals surface area contributed by atoms with Crippen molar-refractivity contribution in [3.63, 3.8) is 0 Å². The fraction of sp³-hybridized carbons (Fsp3) is 0.160. The summed E-state index contributed by atoms with van der Waals surface area (Å²) in [5.41, 5.74) is 4.46. The van der Waals surface area contributed by atoms with Crippen LogP contribution in [0.2, 0.25) is 0 Å². The fourth-order valence-corrected chi connectivity index (χ4v) is 3.75. The lowest BCUT2D eigenvalue weighted by Gasteiger charge is -2.08. The van der Waals surface area contributed by atoms with Crippen molar-refractivity contribution < 1.29 is 9.53 Å². The highest BCUT2D eigenvalue weighted by Crippen LogP contribution is 2.25. The van der Waals surface area contributed by atoms with Gasteiger partial charge in [0.15, 0.2) is 5.82 Å². The molecular weight excluding hydrogens is 468 g/mol. The number of amides is 1. The Morgan fingerprint density at radius 3 is 2.41 bits per heavy atom. The molecule has 3 aromatic carbocycles. The molecule has 0 saturated carbocycles. The Morgan fingerprint density at radius 1 is 1.03 bits per heavy atom. The van der Waals surface area contributed by atoms with Gasteiger partial charge in [0.1, 0.15) is 5.75 Å². The molecule has 0 saturated heterocycles. The normalized spacial score (nSPS) is 10.8. The molecule has 0 aliphatic rings. The van der Waals surface area contributed by atoms with Crippen LogP contribution in [0.15, 0.2) is 71.2 Å². The van der Waals surface area contributed by atoms with Gasteiger partial charge >= 0.3 is 0 Å². The number of nitrogens with zero attached hydrogens (tertiary/aromatic N) is 3. The highest BCUT2D eigenvalue weighted by atomic mass is 79.9. The predicted molar refractivity (Wildman–Crippen MR) is 130 cm³/mol. The van der Waals surface area contributed by atoms with Gasteiger partial charge in [-0.3, -0.25) is 4.79 Å². The summed E-state index contributed by atoms with van der Waals surface area (Å²) >= 11 is 3.44. The zero-order chi connectivity index (χ0) is 22.7. The third-order valence-corrected chi connectivity index (χ3v) is 5.44. The lowest BCUT2D eigenvalue weighted by Crippen LogP contribution is -2.15. The van der Waals surface area contributed by atoms with Gasteiger partial charge in [-0.05, 0) is 68.8 Å². The summed E-state index contributed by atoms with van der Waals surface area (Å²) in [6.07, 6.45) is 0. The van der Waals surface area contributed by atoms with Crippen LogP contribution < -0.4 is 10.1 Å². The van der Waals surface area contributed by atoms with E-state index in [-0.39, 0.29) is 11.7 Å². The zero-order valence-electron chi connectivity index (χ0n) is 18.1. The quantitative estimate of drug-likeness (QED) is 0.361. The summed E-state index contributed by atoms with van der Waals surface area (Å²) in [6.45, 7) is 6.50. The van der Waals surface area contributed by atoms with Crippen molar-refractivity contribution >= 4 is 27.5 Å². The number of carbonyl (C=O) groups excluding carboxylic acids is 1. The molecule has 1 N–H and O–H groups in total. The summed E-state index contributed by atoms with van der Waals surface area (Å²) < 4.78 is 8.18. The lowest BCUT2D eigenvalue weighted by atomic mass is 10.1. The first-order valence-corrected chi connectivity index (χ1v) is 11.1. The highest BCUT2D eigenvalue weighted by Gasteiger charge is 2.19. The number of rotatable bonds is 6. The van der Waals surface area contributed by atoms with Crippen LogP contribution in [0.1, 0.15) is 28.7 Å². The number of aromatic nitrogens is 3. The molecule has 0 unspecified atom stereocenters. The van der Waals surface area contributed by atoms with Crippen molar-refractivity contribution in [2.24, 2.45) is 0 Å². The Hall–Kier alpha value is -3.45. The van der Waals surface area contributed by atoms with Gasteiger partial charge in [-0.25, -0.2) is 9.67 Å². The molecule has 0 atom stereocenters. The number of ether oxygens (including phenoxy) is 1. The molecule has 4 aromatic rings. The van der Waals surface area contributed by atoms with E-state index in [0.717, 1.165) is 32.6 Å².